The van der Waals surface area contributed by atoms with Gasteiger partial charge in [0, 0.05) is 12.7 Å². The molecule has 0 aliphatic heterocycles. The summed E-state index contributed by atoms with van der Waals surface area (Å²) in [5.41, 5.74) is 4.44. The van der Waals surface area contributed by atoms with Crippen LogP contribution in [0.3, 0.4) is 0 Å². The van der Waals surface area contributed by atoms with E-state index >= 15 is 0 Å². The maximum atomic E-state index is 6.05. The Balaban J connectivity index is 1.75. The molecule has 0 fully saturated rings. The summed E-state index contributed by atoms with van der Waals surface area (Å²) in [5.74, 6) is 1.68. The van der Waals surface area contributed by atoms with Crippen molar-refractivity contribution in [2.45, 2.75) is 13.0 Å². The van der Waals surface area contributed by atoms with Crippen LogP contribution in [0.15, 0.2) is 84.9 Å². The van der Waals surface area contributed by atoms with E-state index in [0.717, 1.165) is 33.6 Å². The van der Waals surface area contributed by atoms with Crippen LogP contribution in [0.25, 0.3) is 21.9 Å². The zero-order valence-electron chi connectivity index (χ0n) is 17.6. The topological polar surface area (TPSA) is 27.7 Å². The lowest BCUT2D eigenvalue weighted by atomic mass is 9.91. The fourth-order valence-electron chi connectivity index (χ4n) is 3.80. The molecular weight excluding hydrogens is 372 g/mol. The summed E-state index contributed by atoms with van der Waals surface area (Å²) in [4.78, 5) is 0. The van der Waals surface area contributed by atoms with Crippen molar-refractivity contribution in [3.05, 3.63) is 96.1 Å². The summed E-state index contributed by atoms with van der Waals surface area (Å²) in [5, 5.41) is 2.33. The van der Waals surface area contributed by atoms with Gasteiger partial charge in [0.15, 0.2) is 0 Å². The van der Waals surface area contributed by atoms with Gasteiger partial charge in [0.1, 0.15) is 24.2 Å². The van der Waals surface area contributed by atoms with Crippen molar-refractivity contribution < 1.29 is 14.2 Å². The van der Waals surface area contributed by atoms with Crippen molar-refractivity contribution in [2.24, 2.45) is 0 Å². The minimum atomic E-state index is -0.217. The highest BCUT2D eigenvalue weighted by Crippen LogP contribution is 2.40. The molecule has 30 heavy (non-hydrogen) atoms. The molecule has 0 saturated heterocycles. The summed E-state index contributed by atoms with van der Waals surface area (Å²) < 4.78 is 17.7. The van der Waals surface area contributed by atoms with Gasteiger partial charge in [-0.2, -0.15) is 0 Å². The number of fused-ring (bicyclic) bond motifs is 1. The molecule has 0 amide bonds. The molecule has 0 saturated carbocycles. The predicted molar refractivity (Wildman–Crippen MR) is 122 cm³/mol. The Morgan fingerprint density at radius 2 is 1.50 bits per heavy atom. The quantitative estimate of drug-likeness (QED) is 0.351. The maximum absolute atomic E-state index is 6.05. The highest BCUT2D eigenvalue weighted by atomic mass is 16.5. The van der Waals surface area contributed by atoms with Crippen molar-refractivity contribution in [3.63, 3.8) is 0 Å². The minimum Gasteiger partial charge on any atom is -0.496 e. The molecular formula is C27H26O3. The SMILES string of the molecule is COc1ccc2ccccc2c1-c1ccccc1[C@H](COc1ccc(C)cc1)OC. The van der Waals surface area contributed by atoms with E-state index in [4.69, 9.17) is 14.2 Å². The predicted octanol–water partition coefficient (Wildman–Crippen LogP) is 6.59. The Labute approximate surface area is 177 Å². The van der Waals surface area contributed by atoms with Crippen molar-refractivity contribution in [3.8, 4) is 22.6 Å². The first-order chi connectivity index (χ1) is 14.7. The Morgan fingerprint density at radius 1 is 0.767 bits per heavy atom. The summed E-state index contributed by atoms with van der Waals surface area (Å²) >= 11 is 0. The lowest BCUT2D eigenvalue weighted by Crippen LogP contribution is -2.13. The molecule has 0 aliphatic rings. The second-order valence-electron chi connectivity index (χ2n) is 7.30. The normalized spacial score (nSPS) is 12.0. The average Bonchev–Trinajstić information content (AvgIpc) is 2.80. The Bertz CT molecular complexity index is 1130. The summed E-state index contributed by atoms with van der Waals surface area (Å²) in [6.45, 7) is 2.49. The van der Waals surface area contributed by atoms with E-state index in [0.29, 0.717) is 6.61 Å². The first-order valence-electron chi connectivity index (χ1n) is 10.1. The Morgan fingerprint density at radius 3 is 2.27 bits per heavy atom. The van der Waals surface area contributed by atoms with Gasteiger partial charge in [0.2, 0.25) is 0 Å². The molecule has 0 aromatic heterocycles. The number of benzene rings is 4. The third-order valence-corrected chi connectivity index (χ3v) is 5.39. The molecule has 4 rings (SSSR count). The standard InChI is InChI=1S/C27H26O3/c1-19-12-15-21(16-13-19)30-18-26(29-3)23-10-6-7-11-24(23)27-22-9-5-4-8-20(22)14-17-25(27)28-2/h4-17,26H,18H2,1-3H3/t26-/m0/s1. The molecule has 0 aliphatic carbocycles. The monoisotopic (exact) mass is 398 g/mol. The molecule has 152 valence electrons. The van der Waals surface area contributed by atoms with Gasteiger partial charge in [0.05, 0.1) is 7.11 Å². The van der Waals surface area contributed by atoms with Gasteiger partial charge in [-0.15, -0.1) is 0 Å². The summed E-state index contributed by atoms with van der Waals surface area (Å²) in [6, 6.07) is 28.9. The van der Waals surface area contributed by atoms with Crippen LogP contribution in [-0.4, -0.2) is 20.8 Å². The van der Waals surface area contributed by atoms with E-state index in [-0.39, 0.29) is 6.10 Å². The van der Waals surface area contributed by atoms with E-state index in [1.165, 1.54) is 10.9 Å². The number of hydrogen-bond donors (Lipinski definition) is 0. The van der Waals surface area contributed by atoms with Crippen LogP contribution >= 0.6 is 0 Å². The molecule has 0 unspecified atom stereocenters. The second-order valence-corrected chi connectivity index (χ2v) is 7.30. The lowest BCUT2D eigenvalue weighted by Gasteiger charge is -2.22. The molecule has 0 N–H and O–H groups in total. The molecule has 0 radical (unpaired) electrons. The molecule has 4 aromatic carbocycles. The van der Waals surface area contributed by atoms with Crippen LogP contribution in [0.5, 0.6) is 11.5 Å². The third kappa shape index (κ3) is 4.03. The number of rotatable bonds is 7. The van der Waals surface area contributed by atoms with Crippen molar-refractivity contribution in [1.82, 2.24) is 0 Å². The molecule has 3 heteroatoms. The van der Waals surface area contributed by atoms with Crippen molar-refractivity contribution in [1.29, 1.82) is 0 Å². The van der Waals surface area contributed by atoms with Gasteiger partial charge in [-0.1, -0.05) is 72.3 Å². The Kier molecular flexibility index (Phi) is 6.01. The van der Waals surface area contributed by atoms with Gasteiger partial charge in [-0.25, -0.2) is 0 Å². The molecule has 1 atom stereocenters. The zero-order chi connectivity index (χ0) is 20.9. The largest absolute Gasteiger partial charge is 0.496 e. The molecule has 3 nitrogen and oxygen atoms in total. The first kappa shape index (κ1) is 20.0. The number of hydrogen-bond acceptors (Lipinski definition) is 3. The van der Waals surface area contributed by atoms with Crippen LogP contribution in [-0.2, 0) is 4.74 Å². The van der Waals surface area contributed by atoms with E-state index < -0.39 is 0 Å². The number of aryl methyl sites for hydroxylation is 1. The summed E-state index contributed by atoms with van der Waals surface area (Å²) in [7, 11) is 3.44. The Hall–Kier alpha value is -3.30. The van der Waals surface area contributed by atoms with Gasteiger partial charge >= 0.3 is 0 Å². The maximum Gasteiger partial charge on any atom is 0.127 e. The first-order valence-corrected chi connectivity index (χ1v) is 10.1. The molecule has 0 heterocycles. The summed E-state index contributed by atoms with van der Waals surface area (Å²) in [6.07, 6.45) is -0.217. The second kappa shape index (κ2) is 9.02. The molecule has 0 spiro atoms. The zero-order valence-corrected chi connectivity index (χ0v) is 17.6. The smallest absolute Gasteiger partial charge is 0.127 e. The fraction of sp³-hybridized carbons (Fsp3) is 0.185. The molecule has 4 aromatic rings. The highest BCUT2D eigenvalue weighted by Gasteiger charge is 2.20. The van der Waals surface area contributed by atoms with Crippen LogP contribution in [0.2, 0.25) is 0 Å². The van der Waals surface area contributed by atoms with E-state index in [2.05, 4.69) is 49.4 Å². The van der Waals surface area contributed by atoms with E-state index in [1.807, 2.05) is 42.5 Å². The van der Waals surface area contributed by atoms with Crippen LogP contribution < -0.4 is 9.47 Å². The van der Waals surface area contributed by atoms with Crippen molar-refractivity contribution in [2.75, 3.05) is 20.8 Å². The third-order valence-electron chi connectivity index (χ3n) is 5.39. The van der Waals surface area contributed by atoms with Gasteiger partial charge in [-0.3, -0.25) is 0 Å². The number of methoxy groups -OCH3 is 2. The van der Waals surface area contributed by atoms with E-state index in [9.17, 15) is 0 Å². The average molecular weight is 399 g/mol. The fourth-order valence-corrected chi connectivity index (χ4v) is 3.80. The highest BCUT2D eigenvalue weighted by molar-refractivity contribution is 6.00. The van der Waals surface area contributed by atoms with Crippen LogP contribution in [0.4, 0.5) is 0 Å². The molecule has 0 bridgehead atoms. The lowest BCUT2D eigenvalue weighted by molar-refractivity contribution is 0.0579. The van der Waals surface area contributed by atoms with Crippen molar-refractivity contribution >= 4 is 10.8 Å². The van der Waals surface area contributed by atoms with Crippen LogP contribution in [0.1, 0.15) is 17.2 Å². The minimum absolute atomic E-state index is 0.217. The van der Waals surface area contributed by atoms with Crippen LogP contribution in [0, 0.1) is 6.92 Å². The van der Waals surface area contributed by atoms with Gasteiger partial charge < -0.3 is 14.2 Å². The number of ether oxygens (including phenoxy) is 3. The van der Waals surface area contributed by atoms with E-state index in [1.54, 1.807) is 14.2 Å². The van der Waals surface area contributed by atoms with Gasteiger partial charge in [-0.05, 0) is 47.0 Å². The van der Waals surface area contributed by atoms with Gasteiger partial charge in [0.25, 0.3) is 0 Å².